The molecule has 0 aliphatic carbocycles. The number of benzene rings is 2. The van der Waals surface area contributed by atoms with E-state index in [2.05, 4.69) is 21.6 Å². The molecule has 0 fully saturated rings. The van der Waals surface area contributed by atoms with Crippen molar-refractivity contribution in [2.24, 2.45) is 27.5 Å². The van der Waals surface area contributed by atoms with Gasteiger partial charge in [0.05, 0.1) is 11.7 Å². The molecule has 156 valence electrons. The van der Waals surface area contributed by atoms with E-state index in [-0.39, 0.29) is 6.04 Å². The Bertz CT molecular complexity index is 1000. The number of nitrogens with one attached hydrogen (secondary N) is 1. The van der Waals surface area contributed by atoms with Crippen LogP contribution < -0.4 is 22.6 Å². The summed E-state index contributed by atoms with van der Waals surface area (Å²) < 4.78 is 0. The van der Waals surface area contributed by atoms with Crippen LogP contribution in [-0.4, -0.2) is 24.8 Å². The topological polar surface area (TPSA) is 135 Å². The summed E-state index contributed by atoms with van der Waals surface area (Å²) in [5.41, 5.74) is 18.5. The van der Waals surface area contributed by atoms with E-state index in [1.165, 1.54) is 0 Å². The van der Waals surface area contributed by atoms with Gasteiger partial charge in [0.2, 0.25) is 0 Å². The van der Waals surface area contributed by atoms with Crippen molar-refractivity contribution in [3.05, 3.63) is 76.0 Å². The lowest BCUT2D eigenvalue weighted by Crippen LogP contribution is -2.31. The first kappa shape index (κ1) is 21.1. The molecule has 0 saturated carbocycles. The maximum Gasteiger partial charge on any atom is 0.108 e. The summed E-state index contributed by atoms with van der Waals surface area (Å²) in [5.74, 6) is 6.33. The molecule has 30 heavy (non-hydrogen) atoms. The predicted octanol–water partition coefficient (Wildman–Crippen LogP) is 3.46. The molecule has 1 aliphatic heterocycles. The van der Waals surface area contributed by atoms with Crippen LogP contribution in [0, 0.1) is 4.91 Å². The monoisotopic (exact) mass is 405 g/mol. The molecule has 0 radical (unpaired) electrons. The fraction of sp³-hybridized carbons (Fsp3) is 0.227. The van der Waals surface area contributed by atoms with Gasteiger partial charge in [0, 0.05) is 48.5 Å². The predicted molar refractivity (Wildman–Crippen MR) is 124 cm³/mol. The number of aliphatic imine (C=N–C) groups is 1. The second kappa shape index (κ2) is 9.23. The molecule has 1 heterocycles. The van der Waals surface area contributed by atoms with Crippen molar-refractivity contribution in [2.75, 3.05) is 18.9 Å². The molecule has 2 aromatic carbocycles. The number of rotatable bonds is 5. The van der Waals surface area contributed by atoms with Crippen LogP contribution in [0.1, 0.15) is 36.1 Å². The van der Waals surface area contributed by atoms with Gasteiger partial charge in [-0.3, -0.25) is 4.99 Å². The molecule has 8 heteroatoms. The number of nitrogens with zero attached hydrogens (tertiary/aromatic N) is 3. The summed E-state index contributed by atoms with van der Waals surface area (Å²) in [6.45, 7) is 2.47. The molecule has 1 aliphatic rings. The Kier molecular flexibility index (Phi) is 6.48. The third kappa shape index (κ3) is 4.33. The smallest absolute Gasteiger partial charge is 0.108 e. The van der Waals surface area contributed by atoms with Crippen LogP contribution in [0.15, 0.2) is 64.5 Å². The van der Waals surface area contributed by atoms with E-state index >= 15 is 0 Å². The largest absolute Gasteiger partial charge is 0.404 e. The Labute approximate surface area is 176 Å². The molecule has 2 aromatic rings. The van der Waals surface area contributed by atoms with Crippen molar-refractivity contribution >= 4 is 28.9 Å². The third-order valence-electron chi connectivity index (χ3n) is 5.10. The molecule has 3 rings (SSSR count). The second-order valence-electron chi connectivity index (χ2n) is 7.16. The van der Waals surface area contributed by atoms with Gasteiger partial charge in [0.15, 0.2) is 0 Å². The molecular weight excluding hydrogens is 378 g/mol. The molecule has 0 aromatic heterocycles. The zero-order valence-electron chi connectivity index (χ0n) is 17.2. The quantitative estimate of drug-likeness (QED) is 0.342. The highest BCUT2D eigenvalue weighted by molar-refractivity contribution is 6.09. The van der Waals surface area contributed by atoms with E-state index < -0.39 is 0 Å². The molecule has 0 amide bonds. The van der Waals surface area contributed by atoms with Gasteiger partial charge in [-0.2, -0.15) is 0 Å². The van der Waals surface area contributed by atoms with Crippen LogP contribution in [0.5, 0.6) is 0 Å². The minimum absolute atomic E-state index is 0.0320. The van der Waals surface area contributed by atoms with E-state index in [4.69, 9.17) is 17.3 Å². The SMILES string of the molecule is CN=CC(=CN)c1ccc2c(c1)C(Nc1ccc(N=O)cc1)CCN(N)/C2=C(/C)N. The minimum atomic E-state index is -0.0320. The van der Waals surface area contributed by atoms with Crippen LogP contribution in [-0.2, 0) is 0 Å². The Morgan fingerprint density at radius 1 is 1.23 bits per heavy atom. The van der Waals surface area contributed by atoms with Crippen LogP contribution in [0.3, 0.4) is 0 Å². The number of nitroso groups, excluding NO2 is 1. The lowest BCUT2D eigenvalue weighted by molar-refractivity contribution is 0.402. The van der Waals surface area contributed by atoms with Crippen LogP contribution in [0.4, 0.5) is 11.4 Å². The van der Waals surface area contributed by atoms with Crippen molar-refractivity contribution in [2.45, 2.75) is 19.4 Å². The highest BCUT2D eigenvalue weighted by Crippen LogP contribution is 2.36. The van der Waals surface area contributed by atoms with Crippen molar-refractivity contribution in [3.63, 3.8) is 0 Å². The average Bonchev–Trinajstić information content (AvgIpc) is 2.88. The molecule has 1 atom stereocenters. The van der Waals surface area contributed by atoms with Crippen LogP contribution in [0.25, 0.3) is 11.3 Å². The number of nitrogens with two attached hydrogens (primary N) is 3. The van der Waals surface area contributed by atoms with E-state index in [0.717, 1.165) is 40.1 Å². The first-order valence-corrected chi connectivity index (χ1v) is 9.65. The van der Waals surface area contributed by atoms with Gasteiger partial charge >= 0.3 is 0 Å². The van der Waals surface area contributed by atoms with E-state index in [9.17, 15) is 4.91 Å². The number of hydrogen-bond acceptors (Lipinski definition) is 8. The zero-order valence-corrected chi connectivity index (χ0v) is 17.2. The summed E-state index contributed by atoms with van der Waals surface area (Å²) in [4.78, 5) is 14.8. The molecule has 8 nitrogen and oxygen atoms in total. The zero-order chi connectivity index (χ0) is 21.7. The fourth-order valence-electron chi connectivity index (χ4n) is 3.70. The number of fused-ring (bicyclic) bond motifs is 1. The Morgan fingerprint density at radius 3 is 2.57 bits per heavy atom. The summed E-state index contributed by atoms with van der Waals surface area (Å²) in [7, 11) is 1.71. The standard InChI is InChI=1S/C22H27N7O/c1-14(24)22-19-8-3-15(16(12-23)13-26-2)11-20(19)21(9-10-29(22)25)27-17-4-6-18(28-30)7-5-17/h3-8,11-13,21,27H,9-10,23-25H2,1-2H3/b16-12?,22-14-,26-13?. The maximum absolute atomic E-state index is 10.7. The molecule has 7 N–H and O–H groups in total. The third-order valence-corrected chi connectivity index (χ3v) is 5.10. The first-order valence-electron chi connectivity index (χ1n) is 9.65. The molecule has 0 spiro atoms. The lowest BCUT2D eigenvalue weighted by atomic mass is 9.92. The normalized spacial score (nSPS) is 18.7. The van der Waals surface area contributed by atoms with Crippen LogP contribution in [0.2, 0.25) is 0 Å². The highest BCUT2D eigenvalue weighted by Gasteiger charge is 2.26. The lowest BCUT2D eigenvalue weighted by Gasteiger charge is -2.22. The van der Waals surface area contributed by atoms with Gasteiger partial charge in [-0.1, -0.05) is 12.1 Å². The van der Waals surface area contributed by atoms with Crippen LogP contribution >= 0.6 is 0 Å². The number of hydrogen-bond donors (Lipinski definition) is 4. The van der Waals surface area contributed by atoms with Crippen molar-refractivity contribution < 1.29 is 0 Å². The highest BCUT2D eigenvalue weighted by atomic mass is 16.3. The van der Waals surface area contributed by atoms with Gasteiger partial charge in [0.1, 0.15) is 5.69 Å². The van der Waals surface area contributed by atoms with E-state index in [1.54, 1.807) is 36.6 Å². The van der Waals surface area contributed by atoms with Gasteiger partial charge in [-0.05, 0) is 60.0 Å². The summed E-state index contributed by atoms with van der Waals surface area (Å²) in [6, 6.07) is 13.1. The van der Waals surface area contributed by atoms with Crippen molar-refractivity contribution in [1.29, 1.82) is 0 Å². The van der Waals surface area contributed by atoms with Gasteiger partial charge in [-0.25, -0.2) is 5.84 Å². The second-order valence-corrected chi connectivity index (χ2v) is 7.16. The molecule has 0 saturated heterocycles. The minimum Gasteiger partial charge on any atom is -0.404 e. The van der Waals surface area contributed by atoms with Gasteiger partial charge in [0.25, 0.3) is 0 Å². The summed E-state index contributed by atoms with van der Waals surface area (Å²) >= 11 is 0. The maximum atomic E-state index is 10.7. The Morgan fingerprint density at radius 2 is 1.97 bits per heavy atom. The first-order chi connectivity index (χ1) is 14.5. The van der Waals surface area contributed by atoms with Gasteiger partial charge < -0.3 is 21.8 Å². The summed E-state index contributed by atoms with van der Waals surface area (Å²) in [5, 5.41) is 8.20. The number of hydrazine groups is 1. The molecule has 1 unspecified atom stereocenters. The number of allylic oxidation sites excluding steroid dienone is 2. The van der Waals surface area contributed by atoms with Gasteiger partial charge in [-0.15, -0.1) is 4.91 Å². The van der Waals surface area contributed by atoms with Crippen molar-refractivity contribution in [1.82, 2.24) is 5.01 Å². The summed E-state index contributed by atoms with van der Waals surface area (Å²) in [6.07, 6.45) is 4.02. The Balaban J connectivity index is 2.11. The van der Waals surface area contributed by atoms with Crippen molar-refractivity contribution in [3.8, 4) is 0 Å². The molecule has 0 bridgehead atoms. The average molecular weight is 406 g/mol. The number of anilines is 1. The van der Waals surface area contributed by atoms with E-state index in [1.807, 2.05) is 31.2 Å². The Hall–Kier alpha value is -3.65. The van der Waals surface area contributed by atoms with E-state index in [0.29, 0.717) is 17.9 Å². The fourth-order valence-corrected chi connectivity index (χ4v) is 3.70. The molecular formula is C22H27N7O.